The highest BCUT2D eigenvalue weighted by atomic mass is 19.4. The van der Waals surface area contributed by atoms with Gasteiger partial charge in [0.1, 0.15) is 11.5 Å². The first-order valence-corrected chi connectivity index (χ1v) is 7.78. The van der Waals surface area contributed by atoms with E-state index in [4.69, 9.17) is 4.74 Å². The standard InChI is InChI=1S/C21H13F3O/c22-21(23,24)20-17-11-5-4-7-14(17)13-15-8-6-12-18(19(15)20)25-16-9-2-1-3-10-16/h1-13H. The Balaban J connectivity index is 2.06. The highest BCUT2D eigenvalue weighted by Crippen LogP contribution is 2.44. The Bertz CT molecular complexity index is 1050. The Morgan fingerprint density at radius 2 is 1.36 bits per heavy atom. The third-order valence-electron chi connectivity index (χ3n) is 4.10. The van der Waals surface area contributed by atoms with Crippen molar-refractivity contribution in [1.29, 1.82) is 0 Å². The molecule has 1 nitrogen and oxygen atoms in total. The molecule has 0 radical (unpaired) electrons. The summed E-state index contributed by atoms with van der Waals surface area (Å²) in [6.45, 7) is 0. The maximum Gasteiger partial charge on any atom is 0.417 e. The molecule has 0 aliphatic rings. The van der Waals surface area contributed by atoms with Crippen molar-refractivity contribution in [1.82, 2.24) is 0 Å². The van der Waals surface area contributed by atoms with E-state index >= 15 is 0 Å². The first-order valence-electron chi connectivity index (χ1n) is 7.78. The van der Waals surface area contributed by atoms with E-state index in [-0.39, 0.29) is 16.5 Å². The molecule has 0 saturated carbocycles. The van der Waals surface area contributed by atoms with Crippen molar-refractivity contribution in [3.8, 4) is 11.5 Å². The van der Waals surface area contributed by atoms with Gasteiger partial charge in [-0.3, -0.25) is 0 Å². The van der Waals surface area contributed by atoms with Crippen LogP contribution in [0.25, 0.3) is 21.5 Å². The van der Waals surface area contributed by atoms with E-state index in [1.807, 2.05) is 6.07 Å². The van der Waals surface area contributed by atoms with Gasteiger partial charge in [-0.1, -0.05) is 54.6 Å². The Hall–Kier alpha value is -3.01. The van der Waals surface area contributed by atoms with Crippen molar-refractivity contribution < 1.29 is 17.9 Å². The van der Waals surface area contributed by atoms with Crippen LogP contribution in [-0.2, 0) is 6.18 Å². The average Bonchev–Trinajstić information content (AvgIpc) is 2.60. The molecule has 25 heavy (non-hydrogen) atoms. The summed E-state index contributed by atoms with van der Waals surface area (Å²) in [7, 11) is 0. The average molecular weight is 338 g/mol. The number of alkyl halides is 3. The largest absolute Gasteiger partial charge is 0.457 e. The van der Waals surface area contributed by atoms with Gasteiger partial charge in [0.2, 0.25) is 0 Å². The van der Waals surface area contributed by atoms with Crippen LogP contribution >= 0.6 is 0 Å². The third kappa shape index (κ3) is 2.80. The van der Waals surface area contributed by atoms with Gasteiger partial charge in [0.25, 0.3) is 0 Å². The predicted molar refractivity (Wildman–Crippen MR) is 93.0 cm³/mol. The molecule has 4 heteroatoms. The number of hydrogen-bond acceptors (Lipinski definition) is 1. The van der Waals surface area contributed by atoms with Crippen LogP contribution in [0.15, 0.2) is 78.9 Å². The van der Waals surface area contributed by atoms with E-state index in [0.29, 0.717) is 16.5 Å². The molecule has 0 spiro atoms. The van der Waals surface area contributed by atoms with Gasteiger partial charge in [-0.05, 0) is 40.4 Å². The summed E-state index contributed by atoms with van der Waals surface area (Å²) in [5.74, 6) is 0.693. The first kappa shape index (κ1) is 15.5. The molecule has 0 heterocycles. The molecule has 4 aromatic carbocycles. The van der Waals surface area contributed by atoms with Gasteiger partial charge in [-0.15, -0.1) is 0 Å². The summed E-state index contributed by atoms with van der Waals surface area (Å²) in [5.41, 5.74) is -0.660. The summed E-state index contributed by atoms with van der Waals surface area (Å²) < 4.78 is 47.5. The molecule has 0 saturated heterocycles. The van der Waals surface area contributed by atoms with Crippen molar-refractivity contribution in [3.63, 3.8) is 0 Å². The number of benzene rings is 4. The monoisotopic (exact) mass is 338 g/mol. The van der Waals surface area contributed by atoms with Gasteiger partial charge >= 0.3 is 6.18 Å². The van der Waals surface area contributed by atoms with Gasteiger partial charge in [-0.2, -0.15) is 13.2 Å². The van der Waals surface area contributed by atoms with E-state index in [1.54, 1.807) is 66.7 Å². The van der Waals surface area contributed by atoms with E-state index in [1.165, 1.54) is 6.07 Å². The van der Waals surface area contributed by atoms with Crippen molar-refractivity contribution >= 4 is 21.5 Å². The second-order valence-corrected chi connectivity index (χ2v) is 5.74. The Morgan fingerprint density at radius 3 is 2.12 bits per heavy atom. The number of fused-ring (bicyclic) bond motifs is 2. The molecule has 0 fully saturated rings. The lowest BCUT2D eigenvalue weighted by Crippen LogP contribution is -2.07. The molecule has 0 N–H and O–H groups in total. The predicted octanol–water partition coefficient (Wildman–Crippen LogP) is 6.80. The first-order chi connectivity index (χ1) is 12.0. The molecule has 0 aliphatic carbocycles. The zero-order valence-corrected chi connectivity index (χ0v) is 13.0. The lowest BCUT2D eigenvalue weighted by atomic mass is 9.96. The number of halogens is 3. The topological polar surface area (TPSA) is 9.23 Å². The van der Waals surface area contributed by atoms with Crippen molar-refractivity contribution in [2.75, 3.05) is 0 Å². The van der Waals surface area contributed by atoms with E-state index in [0.717, 1.165) is 0 Å². The molecule has 0 aliphatic heterocycles. The molecule has 0 amide bonds. The van der Waals surface area contributed by atoms with Gasteiger partial charge in [-0.25, -0.2) is 0 Å². The quantitative estimate of drug-likeness (QED) is 0.365. The molecule has 4 aromatic rings. The van der Waals surface area contributed by atoms with E-state index < -0.39 is 11.7 Å². The van der Waals surface area contributed by atoms with Crippen LogP contribution in [0.2, 0.25) is 0 Å². The lowest BCUT2D eigenvalue weighted by molar-refractivity contribution is -0.135. The minimum Gasteiger partial charge on any atom is -0.457 e. The van der Waals surface area contributed by atoms with Crippen LogP contribution in [0.5, 0.6) is 11.5 Å². The smallest absolute Gasteiger partial charge is 0.417 e. The third-order valence-corrected chi connectivity index (χ3v) is 4.10. The highest BCUT2D eigenvalue weighted by Gasteiger charge is 2.36. The fraction of sp³-hybridized carbons (Fsp3) is 0.0476. The molecule has 4 rings (SSSR count). The van der Waals surface area contributed by atoms with E-state index in [2.05, 4.69) is 0 Å². The summed E-state index contributed by atoms with van der Waals surface area (Å²) >= 11 is 0. The Kier molecular flexibility index (Phi) is 3.61. The number of rotatable bonds is 2. The molecule has 0 aromatic heterocycles. The van der Waals surface area contributed by atoms with Crippen molar-refractivity contribution in [2.24, 2.45) is 0 Å². The summed E-state index contributed by atoms with van der Waals surface area (Å²) in [6.07, 6.45) is -4.49. The fourth-order valence-corrected chi connectivity index (χ4v) is 3.08. The minimum atomic E-state index is -4.49. The van der Waals surface area contributed by atoms with Crippen molar-refractivity contribution in [2.45, 2.75) is 6.18 Å². The van der Waals surface area contributed by atoms with Crippen LogP contribution in [0, 0.1) is 0 Å². The van der Waals surface area contributed by atoms with Crippen LogP contribution in [-0.4, -0.2) is 0 Å². The molecule has 0 bridgehead atoms. The summed E-state index contributed by atoms with van der Waals surface area (Å²) in [5, 5.41) is 1.31. The zero-order valence-electron chi connectivity index (χ0n) is 13.0. The van der Waals surface area contributed by atoms with Crippen LogP contribution in [0.1, 0.15) is 5.56 Å². The van der Waals surface area contributed by atoms with Crippen LogP contribution in [0.4, 0.5) is 13.2 Å². The normalized spacial score (nSPS) is 11.8. The van der Waals surface area contributed by atoms with Crippen LogP contribution in [0.3, 0.4) is 0 Å². The zero-order chi connectivity index (χ0) is 17.4. The van der Waals surface area contributed by atoms with Gasteiger partial charge in [0.15, 0.2) is 0 Å². The van der Waals surface area contributed by atoms with Gasteiger partial charge < -0.3 is 4.74 Å². The minimum absolute atomic E-state index is 0.0811. The number of hydrogen-bond donors (Lipinski definition) is 0. The molecular formula is C21H13F3O. The maximum absolute atomic E-state index is 13.9. The number of ether oxygens (including phenoxy) is 1. The summed E-state index contributed by atoms with van der Waals surface area (Å²) in [4.78, 5) is 0. The molecule has 0 unspecified atom stereocenters. The molecular weight excluding hydrogens is 325 g/mol. The van der Waals surface area contributed by atoms with Gasteiger partial charge in [0.05, 0.1) is 5.56 Å². The summed E-state index contributed by atoms with van der Waals surface area (Å²) in [6, 6.07) is 22.1. The molecule has 124 valence electrons. The Morgan fingerprint density at radius 1 is 0.680 bits per heavy atom. The Labute approximate surface area is 142 Å². The second-order valence-electron chi connectivity index (χ2n) is 5.74. The second kappa shape index (κ2) is 5.81. The lowest BCUT2D eigenvalue weighted by Gasteiger charge is -2.17. The van der Waals surface area contributed by atoms with Crippen LogP contribution < -0.4 is 4.74 Å². The fourth-order valence-electron chi connectivity index (χ4n) is 3.08. The number of para-hydroxylation sites is 1. The SMILES string of the molecule is FC(F)(F)c1c2ccccc2cc2cccc(Oc3ccccc3)c12. The highest BCUT2D eigenvalue weighted by molar-refractivity contribution is 6.05. The van der Waals surface area contributed by atoms with Gasteiger partial charge in [0, 0.05) is 5.39 Å². The molecule has 0 atom stereocenters. The van der Waals surface area contributed by atoms with Crippen molar-refractivity contribution in [3.05, 3.63) is 84.4 Å². The maximum atomic E-state index is 13.9. The van der Waals surface area contributed by atoms with E-state index in [9.17, 15) is 13.2 Å².